The number of aliphatic imine (C=N–C) groups is 2. The molecule has 1 aliphatic heterocycles. The number of nitrogens with two attached hydrogens (primary N) is 1. The normalized spacial score (nSPS) is 15.8. The van der Waals surface area contributed by atoms with E-state index < -0.39 is 0 Å². The van der Waals surface area contributed by atoms with Crippen LogP contribution in [0.3, 0.4) is 0 Å². The molecule has 1 aromatic heterocycles. The SMILES string of the molecule is C=N/C(=C1/C(N)=NC=CN1CC(CCC)CCC)c1ccc2cccnc2c1. The molecule has 0 spiro atoms. The zero-order chi connectivity index (χ0) is 19.9. The van der Waals surface area contributed by atoms with Crippen LogP contribution in [-0.2, 0) is 0 Å². The molecular formula is C23H29N5. The summed E-state index contributed by atoms with van der Waals surface area (Å²) < 4.78 is 0. The minimum Gasteiger partial charge on any atom is -0.382 e. The fourth-order valence-electron chi connectivity index (χ4n) is 3.82. The van der Waals surface area contributed by atoms with E-state index in [2.05, 4.69) is 46.5 Å². The van der Waals surface area contributed by atoms with Gasteiger partial charge in [0.15, 0.2) is 0 Å². The van der Waals surface area contributed by atoms with E-state index in [4.69, 9.17) is 5.73 Å². The van der Waals surface area contributed by atoms with Crippen LogP contribution in [0.15, 0.2) is 64.6 Å². The molecule has 0 atom stereocenters. The molecule has 0 bridgehead atoms. The first-order valence-corrected chi connectivity index (χ1v) is 10.0. The minimum atomic E-state index is 0.470. The van der Waals surface area contributed by atoms with Crippen molar-refractivity contribution in [2.75, 3.05) is 6.54 Å². The van der Waals surface area contributed by atoms with Gasteiger partial charge in [0.05, 0.1) is 11.2 Å². The van der Waals surface area contributed by atoms with E-state index in [0.29, 0.717) is 11.8 Å². The molecule has 0 aliphatic carbocycles. The fraction of sp³-hybridized carbons (Fsp3) is 0.348. The van der Waals surface area contributed by atoms with Crippen molar-refractivity contribution in [2.24, 2.45) is 21.6 Å². The molecule has 0 unspecified atom stereocenters. The zero-order valence-corrected chi connectivity index (χ0v) is 16.8. The number of aromatic nitrogens is 1. The number of benzene rings is 1. The number of amidine groups is 1. The van der Waals surface area contributed by atoms with E-state index in [1.165, 1.54) is 25.7 Å². The summed E-state index contributed by atoms with van der Waals surface area (Å²) in [6.07, 6.45) is 10.3. The average molecular weight is 376 g/mol. The first-order chi connectivity index (χ1) is 13.7. The van der Waals surface area contributed by atoms with E-state index >= 15 is 0 Å². The molecule has 0 saturated heterocycles. The molecule has 0 radical (unpaired) electrons. The number of hydrogen-bond acceptors (Lipinski definition) is 5. The Hall–Kier alpha value is -2.95. The molecule has 28 heavy (non-hydrogen) atoms. The van der Waals surface area contributed by atoms with Crippen LogP contribution >= 0.6 is 0 Å². The molecule has 3 rings (SSSR count). The standard InChI is InChI=1S/C23H29N5/c1-4-7-17(8-5-2)16-28-14-13-27-23(24)22(28)21(25-3)19-11-10-18-9-6-12-26-20(18)15-19/h6,9-15,17H,3-5,7-8,16H2,1-2H3,(H2,24,27)/b22-21-. The first-order valence-electron chi connectivity index (χ1n) is 10.0. The summed E-state index contributed by atoms with van der Waals surface area (Å²) in [5.41, 5.74) is 9.74. The van der Waals surface area contributed by atoms with E-state index in [9.17, 15) is 0 Å². The lowest BCUT2D eigenvalue weighted by atomic mass is 9.97. The molecule has 146 valence electrons. The Morgan fingerprint density at radius 3 is 2.71 bits per heavy atom. The van der Waals surface area contributed by atoms with Crippen molar-refractivity contribution in [3.63, 3.8) is 0 Å². The first kappa shape index (κ1) is 19.8. The maximum absolute atomic E-state index is 6.32. The van der Waals surface area contributed by atoms with Crippen molar-refractivity contribution in [1.82, 2.24) is 9.88 Å². The van der Waals surface area contributed by atoms with Gasteiger partial charge < -0.3 is 10.6 Å². The summed E-state index contributed by atoms with van der Waals surface area (Å²) in [7, 11) is 0. The lowest BCUT2D eigenvalue weighted by Crippen LogP contribution is -2.34. The summed E-state index contributed by atoms with van der Waals surface area (Å²) in [6.45, 7) is 9.19. The van der Waals surface area contributed by atoms with Crippen LogP contribution in [0.1, 0.15) is 45.1 Å². The molecule has 0 amide bonds. The lowest BCUT2D eigenvalue weighted by Gasteiger charge is -2.30. The molecule has 0 saturated carbocycles. The third-order valence-corrected chi connectivity index (χ3v) is 5.10. The van der Waals surface area contributed by atoms with Crippen molar-refractivity contribution in [1.29, 1.82) is 0 Å². The van der Waals surface area contributed by atoms with Crippen LogP contribution < -0.4 is 5.73 Å². The second-order valence-electron chi connectivity index (χ2n) is 7.17. The van der Waals surface area contributed by atoms with Crippen LogP contribution in [0, 0.1) is 5.92 Å². The molecule has 5 nitrogen and oxygen atoms in total. The van der Waals surface area contributed by atoms with Crippen LogP contribution in [0.2, 0.25) is 0 Å². The quantitative estimate of drug-likeness (QED) is 0.663. The van der Waals surface area contributed by atoms with Crippen molar-refractivity contribution >= 4 is 29.2 Å². The molecule has 1 aromatic carbocycles. The summed E-state index contributed by atoms with van der Waals surface area (Å²) in [4.78, 5) is 15.3. The highest BCUT2D eigenvalue weighted by molar-refractivity contribution is 6.05. The van der Waals surface area contributed by atoms with Gasteiger partial charge in [0, 0.05) is 36.1 Å². The maximum Gasteiger partial charge on any atom is 0.149 e. The van der Waals surface area contributed by atoms with Gasteiger partial charge in [-0.25, -0.2) is 4.99 Å². The van der Waals surface area contributed by atoms with Crippen LogP contribution in [-0.4, -0.2) is 29.0 Å². The number of rotatable bonds is 8. The second kappa shape index (κ2) is 9.31. The highest BCUT2D eigenvalue weighted by Crippen LogP contribution is 2.29. The predicted octanol–water partition coefficient (Wildman–Crippen LogP) is 4.96. The van der Waals surface area contributed by atoms with E-state index in [1.54, 1.807) is 12.4 Å². The van der Waals surface area contributed by atoms with E-state index in [1.807, 2.05) is 30.5 Å². The highest BCUT2D eigenvalue weighted by atomic mass is 15.2. The maximum atomic E-state index is 6.32. The number of pyridine rings is 1. The van der Waals surface area contributed by atoms with Gasteiger partial charge in [0.25, 0.3) is 0 Å². The molecule has 0 fully saturated rings. The second-order valence-corrected chi connectivity index (χ2v) is 7.17. The third kappa shape index (κ3) is 4.30. The Kier molecular flexibility index (Phi) is 6.58. The van der Waals surface area contributed by atoms with E-state index in [0.717, 1.165) is 34.4 Å². The monoisotopic (exact) mass is 375 g/mol. The Labute approximate surface area is 167 Å². The lowest BCUT2D eigenvalue weighted by molar-refractivity contribution is 0.331. The summed E-state index contributed by atoms with van der Waals surface area (Å²) in [5, 5.41) is 1.09. The Morgan fingerprint density at radius 1 is 1.21 bits per heavy atom. The topological polar surface area (TPSA) is 66.9 Å². The van der Waals surface area contributed by atoms with Gasteiger partial charge in [0.1, 0.15) is 11.5 Å². The summed E-state index contributed by atoms with van der Waals surface area (Å²) >= 11 is 0. The molecular weight excluding hydrogens is 346 g/mol. The Bertz CT molecular complexity index is 919. The van der Waals surface area contributed by atoms with Crippen molar-refractivity contribution in [2.45, 2.75) is 39.5 Å². The summed E-state index contributed by atoms with van der Waals surface area (Å²) in [6, 6.07) is 10.1. The average Bonchev–Trinajstić information content (AvgIpc) is 2.71. The third-order valence-electron chi connectivity index (χ3n) is 5.10. The van der Waals surface area contributed by atoms with Gasteiger partial charge in [0.2, 0.25) is 0 Å². The number of nitrogens with zero attached hydrogens (tertiary/aromatic N) is 4. The van der Waals surface area contributed by atoms with Crippen molar-refractivity contribution in [3.05, 3.63) is 60.2 Å². The van der Waals surface area contributed by atoms with Gasteiger partial charge in [-0.15, -0.1) is 0 Å². The fourth-order valence-corrected chi connectivity index (χ4v) is 3.82. The van der Waals surface area contributed by atoms with Crippen LogP contribution in [0.25, 0.3) is 16.6 Å². The minimum absolute atomic E-state index is 0.470. The molecule has 2 N–H and O–H groups in total. The largest absolute Gasteiger partial charge is 0.382 e. The Balaban J connectivity index is 2.03. The Morgan fingerprint density at radius 2 is 2.00 bits per heavy atom. The smallest absolute Gasteiger partial charge is 0.149 e. The van der Waals surface area contributed by atoms with Gasteiger partial charge >= 0.3 is 0 Å². The van der Waals surface area contributed by atoms with Crippen molar-refractivity contribution in [3.8, 4) is 0 Å². The molecule has 1 aliphatic rings. The van der Waals surface area contributed by atoms with Gasteiger partial charge in [-0.1, -0.05) is 44.9 Å². The number of fused-ring (bicyclic) bond motifs is 1. The summed E-state index contributed by atoms with van der Waals surface area (Å²) in [5.74, 6) is 1.07. The van der Waals surface area contributed by atoms with Crippen LogP contribution in [0.4, 0.5) is 0 Å². The molecule has 2 aromatic rings. The van der Waals surface area contributed by atoms with Gasteiger partial charge in [-0.05, 0) is 37.6 Å². The number of hydrogen-bond donors (Lipinski definition) is 1. The van der Waals surface area contributed by atoms with E-state index in [-0.39, 0.29) is 0 Å². The van der Waals surface area contributed by atoms with Gasteiger partial charge in [-0.2, -0.15) is 0 Å². The zero-order valence-electron chi connectivity index (χ0n) is 16.8. The van der Waals surface area contributed by atoms with Gasteiger partial charge in [-0.3, -0.25) is 9.98 Å². The predicted molar refractivity (Wildman–Crippen MR) is 119 cm³/mol. The molecule has 5 heteroatoms. The highest BCUT2D eigenvalue weighted by Gasteiger charge is 2.23. The van der Waals surface area contributed by atoms with Crippen molar-refractivity contribution < 1.29 is 0 Å². The molecule has 2 heterocycles. The van der Waals surface area contributed by atoms with Crippen LogP contribution in [0.5, 0.6) is 0 Å².